The number of nitrogens with one attached hydrogen (secondary N) is 1. The van der Waals surface area contributed by atoms with Gasteiger partial charge >= 0.3 is 11.6 Å². The third kappa shape index (κ3) is 5.66. The highest BCUT2D eigenvalue weighted by molar-refractivity contribution is 5.97. The molecule has 0 radical (unpaired) electrons. The van der Waals surface area contributed by atoms with Gasteiger partial charge in [0.15, 0.2) is 6.54 Å². The van der Waals surface area contributed by atoms with Crippen molar-refractivity contribution >= 4 is 29.0 Å². The molecular weight excluding hydrogens is 476 g/mol. The van der Waals surface area contributed by atoms with Crippen LogP contribution in [0.2, 0.25) is 0 Å². The second kappa shape index (κ2) is 10.7. The number of carbonyl (C=O) groups excluding carboxylic acids is 2. The van der Waals surface area contributed by atoms with Crippen molar-refractivity contribution in [2.45, 2.75) is 46.6 Å². The van der Waals surface area contributed by atoms with Crippen molar-refractivity contribution in [3.05, 3.63) is 35.4 Å². The van der Waals surface area contributed by atoms with Gasteiger partial charge in [0.25, 0.3) is 5.88 Å². The Balaban J connectivity index is 1.76. The number of carbonyl (C=O) groups is 2. The fraction of sp³-hybridized carbons (Fsp3) is 0.500. The van der Waals surface area contributed by atoms with E-state index in [1.54, 1.807) is 19.2 Å². The van der Waals surface area contributed by atoms with Gasteiger partial charge in [0.2, 0.25) is 11.7 Å². The van der Waals surface area contributed by atoms with Crippen molar-refractivity contribution in [2.75, 3.05) is 50.2 Å². The van der Waals surface area contributed by atoms with Gasteiger partial charge < -0.3 is 19.1 Å². The molecule has 0 bridgehead atoms. The summed E-state index contributed by atoms with van der Waals surface area (Å²) < 4.78 is 19.9. The molecule has 0 unspecified atom stereocenters. The number of ether oxygens (including phenoxy) is 3. The Bertz CT molecular complexity index is 1310. The predicted molar refractivity (Wildman–Crippen MR) is 138 cm³/mol. The lowest BCUT2D eigenvalue weighted by atomic mass is 9.84. The summed E-state index contributed by atoms with van der Waals surface area (Å²) in [7, 11) is 1.66. The van der Waals surface area contributed by atoms with Crippen molar-refractivity contribution in [1.29, 1.82) is 0 Å². The highest BCUT2D eigenvalue weighted by Crippen LogP contribution is 2.40. The van der Waals surface area contributed by atoms with Crippen LogP contribution in [0.1, 0.15) is 50.5 Å². The molecule has 2 aromatic heterocycles. The van der Waals surface area contributed by atoms with Gasteiger partial charge in [-0.1, -0.05) is 25.3 Å². The number of anilines is 2. The van der Waals surface area contributed by atoms with Crippen molar-refractivity contribution in [3.8, 4) is 11.6 Å². The van der Waals surface area contributed by atoms with E-state index in [-0.39, 0.29) is 29.6 Å². The van der Waals surface area contributed by atoms with Gasteiger partial charge in [-0.25, -0.2) is 0 Å². The maximum atomic E-state index is 13.7. The lowest BCUT2D eigenvalue weighted by Crippen LogP contribution is -2.41. The van der Waals surface area contributed by atoms with Gasteiger partial charge in [0.05, 0.1) is 32.6 Å². The minimum atomic E-state index is -0.297. The van der Waals surface area contributed by atoms with Gasteiger partial charge in [0.1, 0.15) is 5.75 Å². The zero-order valence-electron chi connectivity index (χ0n) is 22.3. The van der Waals surface area contributed by atoms with Crippen molar-refractivity contribution in [2.24, 2.45) is 0 Å². The molecule has 0 spiro atoms. The highest BCUT2D eigenvalue weighted by Gasteiger charge is 2.29. The van der Waals surface area contributed by atoms with Gasteiger partial charge in [0, 0.05) is 43.3 Å². The molecule has 1 saturated heterocycles. The molecule has 1 N–H and O–H groups in total. The van der Waals surface area contributed by atoms with E-state index in [0.29, 0.717) is 50.0 Å². The number of hydrogen-bond acceptors (Lipinski definition) is 8. The number of nitrogens with zero attached hydrogens (tertiary/aromatic N) is 5. The summed E-state index contributed by atoms with van der Waals surface area (Å²) in [6.07, 6.45) is 0. The fourth-order valence-electron chi connectivity index (χ4n) is 4.35. The molecular formula is C26H35N6O5+. The smallest absolute Gasteiger partial charge is 0.364 e. The Kier molecular flexibility index (Phi) is 7.63. The second-order valence-electron chi connectivity index (χ2n) is 9.89. The summed E-state index contributed by atoms with van der Waals surface area (Å²) in [5, 5.41) is 11.6. The van der Waals surface area contributed by atoms with E-state index in [1.807, 2.05) is 19.1 Å². The molecule has 1 aromatic carbocycles. The lowest BCUT2D eigenvalue weighted by Gasteiger charge is -2.33. The fourth-order valence-corrected chi connectivity index (χ4v) is 4.35. The summed E-state index contributed by atoms with van der Waals surface area (Å²) in [6.45, 7) is 12.6. The molecule has 1 aliphatic heterocycles. The summed E-state index contributed by atoms with van der Waals surface area (Å²) in [5.41, 5.74) is 2.67. The highest BCUT2D eigenvalue weighted by atomic mass is 16.5. The van der Waals surface area contributed by atoms with E-state index < -0.39 is 0 Å². The predicted octanol–water partition coefficient (Wildman–Crippen LogP) is 2.40. The van der Waals surface area contributed by atoms with Crippen molar-refractivity contribution in [3.63, 3.8) is 0 Å². The zero-order valence-corrected chi connectivity index (χ0v) is 22.3. The third-order valence-electron chi connectivity index (χ3n) is 6.10. The first-order valence-electron chi connectivity index (χ1n) is 12.4. The maximum absolute atomic E-state index is 13.7. The number of morpholine rings is 1. The summed E-state index contributed by atoms with van der Waals surface area (Å²) in [6, 6.07) is 7.27. The molecule has 0 saturated carbocycles. The molecule has 1 aliphatic rings. The van der Waals surface area contributed by atoms with E-state index in [0.717, 1.165) is 17.0 Å². The Morgan fingerprint density at radius 3 is 2.54 bits per heavy atom. The summed E-state index contributed by atoms with van der Waals surface area (Å²) in [5.74, 6) is 0.935. The Morgan fingerprint density at radius 2 is 1.92 bits per heavy atom. The topological polar surface area (TPSA) is 111 Å². The number of hydrogen-bond donors (Lipinski definition) is 1. The van der Waals surface area contributed by atoms with E-state index in [2.05, 4.69) is 41.2 Å². The van der Waals surface area contributed by atoms with Crippen molar-refractivity contribution in [1.82, 2.24) is 14.7 Å². The zero-order chi connectivity index (χ0) is 26.7. The number of Topliss-reactive ketones (excluding diaryl/α,β-unsaturated/α-hetero) is 1. The quantitative estimate of drug-likeness (QED) is 0.363. The monoisotopic (exact) mass is 511 g/mol. The van der Waals surface area contributed by atoms with Crippen LogP contribution in [0.15, 0.2) is 24.3 Å². The Morgan fingerprint density at radius 1 is 1.19 bits per heavy atom. The molecule has 37 heavy (non-hydrogen) atoms. The second-order valence-corrected chi connectivity index (χ2v) is 9.89. The average Bonchev–Trinajstić information content (AvgIpc) is 3.18. The van der Waals surface area contributed by atoms with E-state index in [1.165, 1.54) is 16.1 Å². The number of benzene rings is 1. The largest absolute Gasteiger partial charge is 0.494 e. The number of amides is 1. The standard InChI is InChI=1S/C26H34N6O5/c1-7-37-22-8-9-23-31(29-25(27-17(2)33)32(23)28-22)16-21(34)18-14-19(26(3,4)5)24(35-6)20(15-18)30-10-12-36-13-11-30/h8-9,14-15H,7,10-13,16H2,1-6H3/p+1. The number of methoxy groups -OCH3 is 1. The van der Waals surface area contributed by atoms with Crippen LogP contribution in [0.5, 0.6) is 11.6 Å². The van der Waals surface area contributed by atoms with Gasteiger partial charge in [-0.05, 0) is 34.7 Å². The Labute approximate surface area is 216 Å². The number of fused-ring (bicyclic) bond motifs is 1. The number of ketones is 1. The van der Waals surface area contributed by atoms with Crippen molar-refractivity contribution < 1.29 is 28.5 Å². The molecule has 1 amide bonds. The minimum Gasteiger partial charge on any atom is -0.494 e. The van der Waals surface area contributed by atoms with Gasteiger partial charge in [-0.3, -0.25) is 14.9 Å². The maximum Gasteiger partial charge on any atom is 0.364 e. The first-order chi connectivity index (χ1) is 17.6. The van der Waals surface area contributed by atoms with Crippen LogP contribution in [-0.2, 0) is 21.5 Å². The minimum absolute atomic E-state index is 0.0444. The van der Waals surface area contributed by atoms with Crippen LogP contribution in [0.4, 0.5) is 11.6 Å². The normalized spacial score (nSPS) is 14.1. The van der Waals surface area contributed by atoms with Crippen LogP contribution >= 0.6 is 0 Å². The first-order valence-corrected chi connectivity index (χ1v) is 12.4. The molecule has 1 fully saturated rings. The Hall–Kier alpha value is -3.73. The van der Waals surface area contributed by atoms with E-state index >= 15 is 0 Å². The van der Waals surface area contributed by atoms with Crippen LogP contribution in [0.25, 0.3) is 5.65 Å². The lowest BCUT2D eigenvalue weighted by molar-refractivity contribution is -0.714. The van der Waals surface area contributed by atoms with E-state index in [4.69, 9.17) is 14.2 Å². The average molecular weight is 512 g/mol. The van der Waals surface area contributed by atoms with Gasteiger partial charge in [-0.15, -0.1) is 4.68 Å². The molecule has 11 heteroatoms. The molecule has 3 heterocycles. The first kappa shape index (κ1) is 26.3. The molecule has 198 valence electrons. The molecule has 11 nitrogen and oxygen atoms in total. The summed E-state index contributed by atoms with van der Waals surface area (Å²) >= 11 is 0. The molecule has 4 rings (SSSR count). The SMILES string of the molecule is CCOc1ccc2n(n1)c(NC(C)=O)n[n+]2CC(=O)c1cc(N2CCOCC2)c(OC)c(C(C)(C)C)c1. The van der Waals surface area contributed by atoms with Crippen LogP contribution in [0.3, 0.4) is 0 Å². The van der Waals surface area contributed by atoms with Crippen LogP contribution in [0, 0.1) is 0 Å². The number of rotatable bonds is 8. The van der Waals surface area contributed by atoms with Gasteiger partial charge in [-0.2, -0.15) is 0 Å². The molecule has 0 atom stereocenters. The third-order valence-corrected chi connectivity index (χ3v) is 6.10. The van der Waals surface area contributed by atoms with Crippen LogP contribution < -0.4 is 24.4 Å². The number of aromatic nitrogens is 4. The van der Waals surface area contributed by atoms with E-state index in [9.17, 15) is 9.59 Å². The van der Waals surface area contributed by atoms with Crippen LogP contribution in [-0.4, -0.2) is 66.4 Å². The summed E-state index contributed by atoms with van der Waals surface area (Å²) in [4.78, 5) is 27.7. The molecule has 3 aromatic rings. The molecule has 0 aliphatic carbocycles.